The van der Waals surface area contributed by atoms with Crippen molar-refractivity contribution in [2.24, 2.45) is 5.92 Å². The molecule has 1 heterocycles. The minimum Gasteiger partial charge on any atom is -0.376 e. The molecule has 0 bridgehead atoms. The molecule has 2 fully saturated rings. The Morgan fingerprint density at radius 2 is 1.95 bits per heavy atom. The average molecular weight is 382 g/mol. The smallest absolute Gasteiger partial charge is 0.244 e. The van der Waals surface area contributed by atoms with E-state index < -0.39 is 26.6 Å². The molecule has 3 rings (SSSR count). The van der Waals surface area contributed by atoms with Crippen LogP contribution in [-0.2, 0) is 14.8 Å². The van der Waals surface area contributed by atoms with Gasteiger partial charge < -0.3 is 4.74 Å². The van der Waals surface area contributed by atoms with E-state index in [0.717, 1.165) is 18.9 Å². The summed E-state index contributed by atoms with van der Waals surface area (Å²) < 4.78 is 59.6. The predicted octanol–water partition coefficient (Wildman–Crippen LogP) is 2.57. The van der Waals surface area contributed by atoms with Crippen LogP contribution in [0.4, 0.5) is 8.78 Å². The van der Waals surface area contributed by atoms with E-state index in [-0.39, 0.29) is 16.6 Å². The third kappa shape index (κ3) is 3.13. The average Bonchev–Trinajstić information content (AvgIpc) is 3.08. The fraction of sp³-hybridized carbons (Fsp3) is 0.538. The number of hydrogen-bond acceptors (Lipinski definition) is 3. The van der Waals surface area contributed by atoms with E-state index in [1.54, 1.807) is 0 Å². The lowest BCUT2D eigenvalue weighted by Gasteiger charge is -2.20. The van der Waals surface area contributed by atoms with Crippen LogP contribution in [-0.4, -0.2) is 27.2 Å². The van der Waals surface area contributed by atoms with Crippen LogP contribution in [0.1, 0.15) is 19.3 Å². The van der Waals surface area contributed by atoms with Crippen molar-refractivity contribution < 1.29 is 21.9 Å². The SMILES string of the molecule is O=S(=O)(NC1CCOC1C1CC1)c1c(F)cc(F)cc1Br. The first-order valence-electron chi connectivity index (χ1n) is 6.67. The second kappa shape index (κ2) is 5.57. The van der Waals surface area contributed by atoms with Gasteiger partial charge in [0.05, 0.1) is 12.1 Å². The number of nitrogens with one attached hydrogen (secondary N) is 1. The first-order valence-corrected chi connectivity index (χ1v) is 8.94. The van der Waals surface area contributed by atoms with E-state index in [4.69, 9.17) is 4.74 Å². The van der Waals surface area contributed by atoms with Crippen molar-refractivity contribution in [3.63, 3.8) is 0 Å². The summed E-state index contributed by atoms with van der Waals surface area (Å²) in [6.07, 6.45) is 2.46. The van der Waals surface area contributed by atoms with Gasteiger partial charge in [-0.1, -0.05) is 0 Å². The lowest BCUT2D eigenvalue weighted by molar-refractivity contribution is 0.0848. The van der Waals surface area contributed by atoms with Crippen LogP contribution in [0.5, 0.6) is 0 Å². The Labute approximate surface area is 130 Å². The van der Waals surface area contributed by atoms with E-state index in [1.165, 1.54) is 0 Å². The van der Waals surface area contributed by atoms with Gasteiger partial charge in [-0.15, -0.1) is 0 Å². The Hall–Kier alpha value is -0.570. The van der Waals surface area contributed by atoms with Crippen molar-refractivity contribution in [1.82, 2.24) is 4.72 Å². The highest BCUT2D eigenvalue weighted by molar-refractivity contribution is 9.10. The molecule has 1 saturated heterocycles. The number of sulfonamides is 1. The van der Waals surface area contributed by atoms with Gasteiger partial charge in [-0.3, -0.25) is 0 Å². The standard InChI is InChI=1S/C13H14BrF2NO3S/c14-9-5-8(15)6-10(16)13(9)21(18,19)17-11-3-4-20-12(11)7-1-2-7/h5-7,11-12,17H,1-4H2. The third-order valence-corrected chi connectivity index (χ3v) is 6.21. The van der Waals surface area contributed by atoms with Crippen LogP contribution in [0.2, 0.25) is 0 Å². The van der Waals surface area contributed by atoms with Gasteiger partial charge in [0.25, 0.3) is 0 Å². The van der Waals surface area contributed by atoms with Crippen LogP contribution in [0, 0.1) is 17.6 Å². The lowest BCUT2D eigenvalue weighted by atomic mass is 10.1. The van der Waals surface area contributed by atoms with Gasteiger partial charge in [-0.2, -0.15) is 0 Å². The quantitative estimate of drug-likeness (QED) is 0.871. The van der Waals surface area contributed by atoms with Gasteiger partial charge in [0, 0.05) is 17.1 Å². The molecule has 2 atom stereocenters. The fourth-order valence-corrected chi connectivity index (χ4v) is 5.12. The predicted molar refractivity (Wildman–Crippen MR) is 75.2 cm³/mol. The Kier molecular flexibility index (Phi) is 4.06. The van der Waals surface area contributed by atoms with Crippen molar-refractivity contribution >= 4 is 26.0 Å². The molecule has 1 aromatic carbocycles. The monoisotopic (exact) mass is 381 g/mol. The van der Waals surface area contributed by atoms with Gasteiger partial charge in [-0.05, 0) is 47.2 Å². The van der Waals surface area contributed by atoms with Crippen LogP contribution in [0.15, 0.2) is 21.5 Å². The highest BCUT2D eigenvalue weighted by atomic mass is 79.9. The largest absolute Gasteiger partial charge is 0.376 e. The molecule has 8 heteroatoms. The number of halogens is 3. The van der Waals surface area contributed by atoms with Gasteiger partial charge in [0.2, 0.25) is 10.0 Å². The van der Waals surface area contributed by atoms with Gasteiger partial charge >= 0.3 is 0 Å². The molecule has 1 N–H and O–H groups in total. The van der Waals surface area contributed by atoms with Crippen LogP contribution >= 0.6 is 15.9 Å². The summed E-state index contributed by atoms with van der Waals surface area (Å²) >= 11 is 2.91. The van der Waals surface area contributed by atoms with Crippen molar-refractivity contribution in [1.29, 1.82) is 0 Å². The number of hydrogen-bond donors (Lipinski definition) is 1. The molecular weight excluding hydrogens is 368 g/mol. The first kappa shape index (κ1) is 15.3. The normalized spacial score (nSPS) is 26.2. The van der Waals surface area contributed by atoms with Crippen LogP contribution in [0.25, 0.3) is 0 Å². The zero-order valence-electron chi connectivity index (χ0n) is 11.0. The Balaban J connectivity index is 1.87. The molecule has 0 aromatic heterocycles. The Morgan fingerprint density at radius 3 is 2.57 bits per heavy atom. The summed E-state index contributed by atoms with van der Waals surface area (Å²) in [5.74, 6) is -1.57. The molecule has 1 aliphatic carbocycles. The molecule has 116 valence electrons. The van der Waals surface area contributed by atoms with Gasteiger partial charge in [0.15, 0.2) is 0 Å². The minimum absolute atomic E-state index is 0.130. The second-order valence-corrected chi connectivity index (χ2v) is 7.89. The number of benzene rings is 1. The Morgan fingerprint density at radius 1 is 1.24 bits per heavy atom. The molecular formula is C13H14BrF2NO3S. The molecule has 2 unspecified atom stereocenters. The van der Waals surface area contributed by atoms with Gasteiger partial charge in [0.1, 0.15) is 16.5 Å². The first-order chi connectivity index (χ1) is 9.88. The lowest BCUT2D eigenvalue weighted by Crippen LogP contribution is -2.41. The molecule has 1 aliphatic heterocycles. The minimum atomic E-state index is -4.08. The zero-order valence-corrected chi connectivity index (χ0v) is 13.4. The number of ether oxygens (including phenoxy) is 1. The van der Waals surface area contributed by atoms with E-state index in [0.29, 0.717) is 25.0 Å². The van der Waals surface area contributed by atoms with Crippen LogP contribution in [0.3, 0.4) is 0 Å². The maximum absolute atomic E-state index is 13.8. The summed E-state index contributed by atoms with van der Waals surface area (Å²) in [5.41, 5.74) is 0. The molecule has 1 saturated carbocycles. The maximum Gasteiger partial charge on any atom is 0.244 e. The number of rotatable bonds is 4. The molecule has 4 nitrogen and oxygen atoms in total. The van der Waals surface area contributed by atoms with E-state index >= 15 is 0 Å². The summed E-state index contributed by atoms with van der Waals surface area (Å²) in [6.45, 7) is 0.488. The summed E-state index contributed by atoms with van der Waals surface area (Å²) in [6, 6.07) is 1.13. The molecule has 2 aliphatic rings. The summed E-state index contributed by atoms with van der Waals surface area (Å²) in [7, 11) is -4.08. The summed E-state index contributed by atoms with van der Waals surface area (Å²) in [5, 5.41) is 0. The van der Waals surface area contributed by atoms with Crippen molar-refractivity contribution in [3.8, 4) is 0 Å². The van der Waals surface area contributed by atoms with Crippen molar-refractivity contribution in [2.45, 2.75) is 36.3 Å². The molecule has 21 heavy (non-hydrogen) atoms. The highest BCUT2D eigenvalue weighted by Crippen LogP contribution is 2.39. The van der Waals surface area contributed by atoms with Crippen molar-refractivity contribution in [2.75, 3.05) is 6.61 Å². The van der Waals surface area contributed by atoms with Gasteiger partial charge in [-0.25, -0.2) is 21.9 Å². The molecule has 0 spiro atoms. The highest BCUT2D eigenvalue weighted by Gasteiger charge is 2.42. The van der Waals surface area contributed by atoms with Crippen molar-refractivity contribution in [3.05, 3.63) is 28.2 Å². The molecule has 0 radical (unpaired) electrons. The molecule has 1 aromatic rings. The zero-order chi connectivity index (χ0) is 15.2. The second-order valence-electron chi connectivity index (χ2n) is 5.39. The summed E-state index contributed by atoms with van der Waals surface area (Å²) in [4.78, 5) is -0.564. The topological polar surface area (TPSA) is 55.4 Å². The maximum atomic E-state index is 13.8. The Bertz CT molecular complexity index is 640. The van der Waals surface area contributed by atoms with E-state index in [1.807, 2.05) is 0 Å². The van der Waals surface area contributed by atoms with E-state index in [9.17, 15) is 17.2 Å². The fourth-order valence-electron chi connectivity index (χ4n) is 2.67. The van der Waals surface area contributed by atoms with E-state index in [2.05, 4.69) is 20.7 Å². The molecule has 0 amide bonds. The third-order valence-electron chi connectivity index (χ3n) is 3.76. The van der Waals surface area contributed by atoms with Crippen LogP contribution < -0.4 is 4.72 Å².